The predicted octanol–water partition coefficient (Wildman–Crippen LogP) is 3.39. The van der Waals surface area contributed by atoms with Crippen LogP contribution in [0.15, 0.2) is 18.2 Å². The Bertz CT molecular complexity index is 479. The predicted molar refractivity (Wildman–Crippen MR) is 77.1 cm³/mol. The molecular formula is C13H17ClN2O4. The van der Waals surface area contributed by atoms with Gasteiger partial charge in [0.2, 0.25) is 0 Å². The minimum atomic E-state index is -0.484. The van der Waals surface area contributed by atoms with E-state index < -0.39 is 4.92 Å². The number of halogens is 1. The van der Waals surface area contributed by atoms with E-state index in [1.807, 2.05) is 0 Å². The molecule has 1 N–H and O–H groups in total. The minimum Gasteiger partial charge on any atom is -0.469 e. The normalized spacial score (nSPS) is 10.1. The summed E-state index contributed by atoms with van der Waals surface area (Å²) in [4.78, 5) is 21.0. The lowest BCUT2D eigenvalue weighted by Crippen LogP contribution is -2.03. The molecule has 0 heterocycles. The molecule has 1 aromatic carbocycles. The average molecular weight is 301 g/mol. The molecule has 1 rings (SSSR count). The third kappa shape index (κ3) is 5.44. The number of nitro groups is 1. The molecule has 0 bridgehead atoms. The van der Waals surface area contributed by atoms with Crippen LogP contribution >= 0.6 is 11.6 Å². The van der Waals surface area contributed by atoms with E-state index in [2.05, 4.69) is 10.1 Å². The van der Waals surface area contributed by atoms with Crippen molar-refractivity contribution in [2.24, 2.45) is 0 Å². The van der Waals surface area contributed by atoms with Gasteiger partial charge in [-0.05, 0) is 18.9 Å². The van der Waals surface area contributed by atoms with Crippen LogP contribution in [0.2, 0.25) is 5.02 Å². The van der Waals surface area contributed by atoms with Gasteiger partial charge in [-0.15, -0.1) is 0 Å². The lowest BCUT2D eigenvalue weighted by atomic mass is 10.2. The number of esters is 1. The summed E-state index contributed by atoms with van der Waals surface area (Å²) in [5, 5.41) is 14.0. The van der Waals surface area contributed by atoms with Crippen molar-refractivity contribution in [2.75, 3.05) is 19.0 Å². The first-order valence-corrected chi connectivity index (χ1v) is 6.67. The molecule has 0 aromatic heterocycles. The highest BCUT2D eigenvalue weighted by molar-refractivity contribution is 6.33. The minimum absolute atomic E-state index is 0.0290. The van der Waals surface area contributed by atoms with Crippen LogP contribution in [0.3, 0.4) is 0 Å². The Morgan fingerprint density at radius 1 is 1.40 bits per heavy atom. The van der Waals surface area contributed by atoms with Crippen LogP contribution in [0, 0.1) is 10.1 Å². The van der Waals surface area contributed by atoms with E-state index in [0.29, 0.717) is 23.7 Å². The van der Waals surface area contributed by atoms with E-state index in [4.69, 9.17) is 11.6 Å². The first kappa shape index (κ1) is 16.2. The molecule has 0 aliphatic rings. The van der Waals surface area contributed by atoms with Gasteiger partial charge in [0.1, 0.15) is 0 Å². The molecule has 110 valence electrons. The van der Waals surface area contributed by atoms with Crippen molar-refractivity contribution in [2.45, 2.75) is 25.7 Å². The Balaban J connectivity index is 2.29. The van der Waals surface area contributed by atoms with Crippen molar-refractivity contribution in [3.05, 3.63) is 33.3 Å². The third-order valence-electron chi connectivity index (χ3n) is 2.76. The van der Waals surface area contributed by atoms with Gasteiger partial charge >= 0.3 is 5.97 Å². The lowest BCUT2D eigenvalue weighted by Gasteiger charge is -2.08. The maximum absolute atomic E-state index is 10.9. The van der Waals surface area contributed by atoms with Gasteiger partial charge in [-0.2, -0.15) is 0 Å². The zero-order chi connectivity index (χ0) is 15.0. The average Bonchev–Trinajstić information content (AvgIpc) is 2.43. The smallest absolute Gasteiger partial charge is 0.305 e. The number of nitrogens with one attached hydrogen (secondary N) is 1. The van der Waals surface area contributed by atoms with Gasteiger partial charge < -0.3 is 10.1 Å². The summed E-state index contributed by atoms with van der Waals surface area (Å²) in [5.74, 6) is -0.198. The first-order chi connectivity index (χ1) is 9.54. The molecule has 0 fully saturated rings. The summed E-state index contributed by atoms with van der Waals surface area (Å²) >= 11 is 5.95. The fraction of sp³-hybridized carbons (Fsp3) is 0.462. The summed E-state index contributed by atoms with van der Waals surface area (Å²) in [6.07, 6.45) is 2.98. The number of nitrogens with zero attached hydrogens (tertiary/aromatic N) is 1. The van der Waals surface area contributed by atoms with Crippen LogP contribution in [0.5, 0.6) is 0 Å². The molecule has 0 aliphatic carbocycles. The number of hydrogen-bond donors (Lipinski definition) is 1. The van der Waals surface area contributed by atoms with Crippen molar-refractivity contribution >= 4 is 28.9 Å². The van der Waals surface area contributed by atoms with Crippen molar-refractivity contribution in [3.63, 3.8) is 0 Å². The van der Waals surface area contributed by atoms with Crippen molar-refractivity contribution in [1.82, 2.24) is 0 Å². The number of non-ortho nitro benzene ring substituents is 1. The summed E-state index contributed by atoms with van der Waals surface area (Å²) in [6, 6.07) is 4.32. The summed E-state index contributed by atoms with van der Waals surface area (Å²) in [5.41, 5.74) is 0.642. The highest BCUT2D eigenvalue weighted by Gasteiger charge is 2.08. The third-order valence-corrected chi connectivity index (χ3v) is 3.08. The molecule has 6 nitrogen and oxygen atoms in total. The lowest BCUT2D eigenvalue weighted by molar-refractivity contribution is -0.384. The van der Waals surface area contributed by atoms with E-state index in [9.17, 15) is 14.9 Å². The number of rotatable bonds is 8. The Morgan fingerprint density at radius 2 is 2.15 bits per heavy atom. The van der Waals surface area contributed by atoms with Gasteiger partial charge in [-0.25, -0.2) is 0 Å². The zero-order valence-electron chi connectivity index (χ0n) is 11.2. The topological polar surface area (TPSA) is 81.5 Å². The number of carbonyl (C=O) groups excluding carboxylic acids is 1. The van der Waals surface area contributed by atoms with E-state index >= 15 is 0 Å². The second-order valence-corrected chi connectivity index (χ2v) is 4.64. The molecular weight excluding hydrogens is 284 g/mol. The molecule has 0 saturated carbocycles. The SMILES string of the molecule is COC(=O)CCCCCNc1ccc([N+](=O)[O-])cc1Cl. The quantitative estimate of drug-likeness (QED) is 0.344. The van der Waals surface area contributed by atoms with Gasteiger partial charge in [-0.1, -0.05) is 18.0 Å². The molecule has 0 atom stereocenters. The van der Waals surface area contributed by atoms with Gasteiger partial charge in [0, 0.05) is 25.1 Å². The van der Waals surface area contributed by atoms with Crippen LogP contribution in [0.1, 0.15) is 25.7 Å². The van der Waals surface area contributed by atoms with E-state index in [0.717, 1.165) is 19.3 Å². The highest BCUT2D eigenvalue weighted by atomic mass is 35.5. The van der Waals surface area contributed by atoms with E-state index in [-0.39, 0.29) is 11.7 Å². The zero-order valence-corrected chi connectivity index (χ0v) is 12.0. The molecule has 0 unspecified atom stereocenters. The number of ether oxygens (including phenoxy) is 1. The number of carbonyl (C=O) groups is 1. The second-order valence-electron chi connectivity index (χ2n) is 4.23. The van der Waals surface area contributed by atoms with Crippen LogP contribution < -0.4 is 5.32 Å². The number of hydrogen-bond acceptors (Lipinski definition) is 5. The molecule has 0 saturated heterocycles. The molecule has 20 heavy (non-hydrogen) atoms. The number of anilines is 1. The highest BCUT2D eigenvalue weighted by Crippen LogP contribution is 2.26. The van der Waals surface area contributed by atoms with Gasteiger partial charge in [0.15, 0.2) is 0 Å². The molecule has 1 aromatic rings. The number of unbranched alkanes of at least 4 members (excludes halogenated alkanes) is 2. The number of nitro benzene ring substituents is 1. The molecule has 0 amide bonds. The maximum Gasteiger partial charge on any atom is 0.305 e. The van der Waals surface area contributed by atoms with E-state index in [1.54, 1.807) is 6.07 Å². The van der Waals surface area contributed by atoms with E-state index in [1.165, 1.54) is 19.2 Å². The molecule has 7 heteroatoms. The monoisotopic (exact) mass is 300 g/mol. The van der Waals surface area contributed by atoms with Crippen molar-refractivity contribution < 1.29 is 14.5 Å². The fourth-order valence-corrected chi connectivity index (χ4v) is 1.90. The fourth-order valence-electron chi connectivity index (χ4n) is 1.66. The Morgan fingerprint density at radius 3 is 2.75 bits per heavy atom. The van der Waals surface area contributed by atoms with Crippen LogP contribution in [-0.4, -0.2) is 24.5 Å². The van der Waals surface area contributed by atoms with Crippen LogP contribution in [-0.2, 0) is 9.53 Å². The standard InChI is InChI=1S/C13H17ClN2O4/c1-20-13(17)5-3-2-4-8-15-12-7-6-10(16(18)19)9-11(12)14/h6-7,9,15H,2-5,8H2,1H3. The van der Waals surface area contributed by atoms with Crippen molar-refractivity contribution in [1.29, 1.82) is 0 Å². The first-order valence-electron chi connectivity index (χ1n) is 6.29. The van der Waals surface area contributed by atoms with Crippen LogP contribution in [0.4, 0.5) is 11.4 Å². The Labute approximate surface area is 122 Å². The number of methoxy groups -OCH3 is 1. The van der Waals surface area contributed by atoms with Crippen LogP contribution in [0.25, 0.3) is 0 Å². The molecule has 0 aliphatic heterocycles. The maximum atomic E-state index is 10.9. The van der Waals surface area contributed by atoms with Gasteiger partial charge in [0.25, 0.3) is 5.69 Å². The summed E-state index contributed by atoms with van der Waals surface area (Å²) < 4.78 is 4.55. The number of benzene rings is 1. The van der Waals surface area contributed by atoms with Crippen molar-refractivity contribution in [3.8, 4) is 0 Å². The Kier molecular flexibility index (Phi) is 6.79. The van der Waals surface area contributed by atoms with Gasteiger partial charge in [-0.3, -0.25) is 14.9 Å². The second kappa shape index (κ2) is 8.37. The molecule has 0 radical (unpaired) electrons. The molecule has 0 spiro atoms. The largest absolute Gasteiger partial charge is 0.469 e. The van der Waals surface area contributed by atoms with Gasteiger partial charge in [0.05, 0.1) is 22.7 Å². The summed E-state index contributed by atoms with van der Waals surface area (Å²) in [7, 11) is 1.38. The summed E-state index contributed by atoms with van der Waals surface area (Å²) in [6.45, 7) is 0.693. The Hall–Kier alpha value is -1.82.